The Morgan fingerprint density at radius 3 is 2.00 bits per heavy atom. The van der Waals surface area contributed by atoms with E-state index in [0.717, 1.165) is 62.0 Å². The second-order valence-electron chi connectivity index (χ2n) is 10.2. The number of nitrogens with one attached hydrogen (secondary N) is 1. The van der Waals surface area contributed by atoms with Gasteiger partial charge in [-0.15, -0.1) is 0 Å². The molecular weight excluding hydrogens is 592 g/mol. The molecule has 3 heterocycles. The van der Waals surface area contributed by atoms with Gasteiger partial charge in [0.15, 0.2) is 0 Å². The van der Waals surface area contributed by atoms with Crippen LogP contribution >= 0.6 is 0 Å². The molecule has 0 spiro atoms. The highest BCUT2D eigenvalue weighted by Gasteiger charge is 2.39. The van der Waals surface area contributed by atoms with Crippen LogP contribution in [0.1, 0.15) is 51.5 Å². The number of carbonyl (C=O) groups is 3. The predicted molar refractivity (Wildman–Crippen MR) is 140 cm³/mol. The van der Waals surface area contributed by atoms with E-state index >= 15 is 0 Å². The Morgan fingerprint density at radius 1 is 1.02 bits per heavy atom. The number of pyridine rings is 1. The van der Waals surface area contributed by atoms with Gasteiger partial charge in [-0.2, -0.15) is 26.3 Å². The van der Waals surface area contributed by atoms with Gasteiger partial charge >= 0.3 is 24.3 Å². The summed E-state index contributed by atoms with van der Waals surface area (Å²) in [4.78, 5) is 39.9. The normalized spacial score (nSPS) is 15.1. The van der Waals surface area contributed by atoms with Crippen molar-refractivity contribution in [1.82, 2.24) is 20.4 Å². The monoisotopic (exact) mass is 625 g/mol. The highest BCUT2D eigenvalue weighted by molar-refractivity contribution is 5.99. The summed E-state index contributed by atoms with van der Waals surface area (Å²) >= 11 is 0. The molecule has 1 fully saturated rings. The molecule has 1 saturated carbocycles. The Balaban J connectivity index is 0.000000384. The average molecular weight is 626 g/mol. The zero-order chi connectivity index (χ0) is 32.7. The fraction of sp³-hybridized carbons (Fsp3) is 0.577. The maximum absolute atomic E-state index is 12.8. The number of carbonyl (C=O) groups excluding carboxylic acids is 1. The van der Waals surface area contributed by atoms with Gasteiger partial charge in [0.25, 0.3) is 5.91 Å². The lowest BCUT2D eigenvalue weighted by Crippen LogP contribution is -2.28. The van der Waals surface area contributed by atoms with Gasteiger partial charge in [-0.3, -0.25) is 9.69 Å². The molecule has 1 amide bonds. The van der Waals surface area contributed by atoms with Crippen molar-refractivity contribution >= 4 is 23.7 Å². The quantitative estimate of drug-likeness (QED) is 0.405. The number of anilines is 1. The van der Waals surface area contributed by atoms with Gasteiger partial charge in [-0.1, -0.05) is 5.16 Å². The highest BCUT2D eigenvalue weighted by Crippen LogP contribution is 2.28. The summed E-state index contributed by atoms with van der Waals surface area (Å²) in [5.74, 6) is -3.20. The number of hydrogen-bond donors (Lipinski definition) is 3. The largest absolute Gasteiger partial charge is 0.490 e. The fourth-order valence-corrected chi connectivity index (χ4v) is 3.94. The first-order chi connectivity index (χ1) is 19.8. The standard InChI is InChI=1S/C22H31N5O2.2C2HF3O2/c1-14-19(15(2)29-25-14)13-27-9-7-17-11-18(22(28)23-12-16-5-6-16)21(26(3)4)24-20(17)8-10-27;2*3-2(4,5)1(6)7/h11,16H,5-10,12-13H2,1-4H3,(H,23,28);2*(H,6,7). The number of carboxylic acids is 2. The minimum atomic E-state index is -5.08. The SMILES string of the molecule is Cc1noc(C)c1CN1CCc2cc(C(=O)NCC3CC3)c(N(C)C)nc2CC1.O=C(O)C(F)(F)F.O=C(O)C(F)(F)F. The summed E-state index contributed by atoms with van der Waals surface area (Å²) in [5.41, 5.74) is 5.13. The third-order valence-electron chi connectivity index (χ3n) is 6.50. The number of carboxylic acid groups (broad SMARTS) is 2. The summed E-state index contributed by atoms with van der Waals surface area (Å²) in [6, 6.07) is 2.07. The Kier molecular flexibility index (Phi) is 11.9. The van der Waals surface area contributed by atoms with Crippen LogP contribution in [0.3, 0.4) is 0 Å². The van der Waals surface area contributed by atoms with Crippen LogP contribution in [0.25, 0.3) is 0 Å². The molecule has 0 saturated heterocycles. The molecule has 17 heteroatoms. The molecule has 0 atom stereocenters. The Bertz CT molecular complexity index is 1250. The van der Waals surface area contributed by atoms with Gasteiger partial charge in [0.1, 0.15) is 11.6 Å². The van der Waals surface area contributed by atoms with E-state index in [4.69, 9.17) is 29.3 Å². The number of fused-ring (bicyclic) bond motifs is 1. The molecule has 0 aromatic carbocycles. The number of aliphatic carboxylic acids is 2. The molecular formula is C26H33F6N5O6. The first-order valence-corrected chi connectivity index (χ1v) is 13.0. The van der Waals surface area contributed by atoms with Crippen molar-refractivity contribution in [2.24, 2.45) is 5.92 Å². The number of halogens is 6. The molecule has 11 nitrogen and oxygen atoms in total. The molecule has 3 N–H and O–H groups in total. The lowest BCUT2D eigenvalue weighted by molar-refractivity contribution is -0.193. The van der Waals surface area contributed by atoms with Crippen molar-refractivity contribution < 1.29 is 55.5 Å². The van der Waals surface area contributed by atoms with Crippen LogP contribution in [-0.4, -0.2) is 89.2 Å². The lowest BCUT2D eigenvalue weighted by Gasteiger charge is -2.19. The Morgan fingerprint density at radius 2 is 1.56 bits per heavy atom. The molecule has 1 aliphatic carbocycles. The van der Waals surface area contributed by atoms with E-state index in [-0.39, 0.29) is 5.91 Å². The first kappa shape index (κ1) is 35.3. The van der Waals surface area contributed by atoms with Crippen molar-refractivity contribution in [3.8, 4) is 0 Å². The van der Waals surface area contributed by atoms with Crippen LogP contribution in [0.15, 0.2) is 10.6 Å². The highest BCUT2D eigenvalue weighted by atomic mass is 19.4. The van der Waals surface area contributed by atoms with Gasteiger partial charge in [0.05, 0.1) is 11.3 Å². The number of amides is 1. The van der Waals surface area contributed by atoms with E-state index in [1.165, 1.54) is 24.0 Å². The molecule has 2 aromatic heterocycles. The molecule has 43 heavy (non-hydrogen) atoms. The predicted octanol–water partition coefficient (Wildman–Crippen LogP) is 3.76. The van der Waals surface area contributed by atoms with E-state index in [2.05, 4.69) is 21.4 Å². The van der Waals surface area contributed by atoms with E-state index in [9.17, 15) is 31.1 Å². The first-order valence-electron chi connectivity index (χ1n) is 13.0. The van der Waals surface area contributed by atoms with Gasteiger partial charge < -0.3 is 25.0 Å². The topological polar surface area (TPSA) is 149 Å². The van der Waals surface area contributed by atoms with E-state index in [1.54, 1.807) is 0 Å². The smallest absolute Gasteiger partial charge is 0.475 e. The third-order valence-corrected chi connectivity index (χ3v) is 6.50. The minimum Gasteiger partial charge on any atom is -0.475 e. The van der Waals surface area contributed by atoms with Crippen LogP contribution in [0, 0.1) is 19.8 Å². The molecule has 0 radical (unpaired) electrons. The molecule has 2 aliphatic rings. The number of rotatable bonds is 6. The van der Waals surface area contributed by atoms with Crippen LogP contribution in [0.2, 0.25) is 0 Å². The maximum atomic E-state index is 12.8. The fourth-order valence-electron chi connectivity index (χ4n) is 3.94. The number of alkyl halides is 6. The van der Waals surface area contributed by atoms with Gasteiger partial charge in [0, 0.05) is 58.0 Å². The molecule has 0 unspecified atom stereocenters. The molecule has 240 valence electrons. The lowest BCUT2D eigenvalue weighted by atomic mass is 10.0. The number of aryl methyl sites for hydroxylation is 2. The number of aromatic nitrogens is 2. The van der Waals surface area contributed by atoms with Gasteiger partial charge in [0.2, 0.25) is 0 Å². The minimum absolute atomic E-state index is 0.00674. The van der Waals surface area contributed by atoms with Gasteiger partial charge in [-0.05, 0) is 50.7 Å². The average Bonchev–Trinajstić information content (AvgIpc) is 3.70. The third kappa shape index (κ3) is 11.0. The molecule has 2 aromatic rings. The van der Waals surface area contributed by atoms with E-state index in [0.29, 0.717) is 11.5 Å². The van der Waals surface area contributed by atoms with Crippen molar-refractivity contribution in [2.75, 3.05) is 38.6 Å². The second-order valence-corrected chi connectivity index (χ2v) is 10.2. The summed E-state index contributed by atoms with van der Waals surface area (Å²) < 4.78 is 68.8. The van der Waals surface area contributed by atoms with Gasteiger partial charge in [-0.25, -0.2) is 14.6 Å². The zero-order valence-electron chi connectivity index (χ0n) is 23.9. The summed E-state index contributed by atoms with van der Waals surface area (Å²) in [6.07, 6.45) is -5.94. The second kappa shape index (κ2) is 14.5. The Labute approximate surface area is 242 Å². The van der Waals surface area contributed by atoms with E-state index in [1.807, 2.05) is 32.8 Å². The zero-order valence-corrected chi connectivity index (χ0v) is 23.9. The molecule has 4 rings (SSSR count). The Hall–Kier alpha value is -3.89. The van der Waals surface area contributed by atoms with Crippen molar-refractivity contribution in [2.45, 2.75) is 58.4 Å². The molecule has 0 bridgehead atoms. The molecule has 1 aliphatic heterocycles. The summed E-state index contributed by atoms with van der Waals surface area (Å²) in [6.45, 7) is 7.45. The van der Waals surface area contributed by atoms with Crippen molar-refractivity contribution in [1.29, 1.82) is 0 Å². The van der Waals surface area contributed by atoms with E-state index < -0.39 is 24.3 Å². The van der Waals surface area contributed by atoms with Crippen LogP contribution in [-0.2, 0) is 29.0 Å². The van der Waals surface area contributed by atoms with Crippen LogP contribution in [0.4, 0.5) is 32.2 Å². The summed E-state index contributed by atoms with van der Waals surface area (Å²) in [5, 5.41) is 21.4. The summed E-state index contributed by atoms with van der Waals surface area (Å²) in [7, 11) is 3.90. The maximum Gasteiger partial charge on any atom is 0.490 e. The van der Waals surface area contributed by atoms with Crippen LogP contribution < -0.4 is 10.2 Å². The van der Waals surface area contributed by atoms with Crippen molar-refractivity contribution in [3.05, 3.63) is 39.9 Å². The van der Waals surface area contributed by atoms with Crippen molar-refractivity contribution in [3.63, 3.8) is 0 Å². The number of nitrogens with zero attached hydrogens (tertiary/aromatic N) is 4. The van der Waals surface area contributed by atoms with Crippen LogP contribution in [0.5, 0.6) is 0 Å². The number of hydrogen-bond acceptors (Lipinski definition) is 8.